The minimum atomic E-state index is -1.17. The van der Waals surface area contributed by atoms with Crippen LogP contribution in [-0.2, 0) is 25.5 Å². The van der Waals surface area contributed by atoms with Crippen LogP contribution in [-0.4, -0.2) is 56.5 Å². The fourth-order valence-electron chi connectivity index (χ4n) is 3.14. The van der Waals surface area contributed by atoms with E-state index in [0.717, 1.165) is 0 Å². The van der Waals surface area contributed by atoms with E-state index >= 15 is 0 Å². The first-order chi connectivity index (χ1) is 13.6. The highest BCUT2D eigenvalue weighted by Crippen LogP contribution is 2.37. The van der Waals surface area contributed by atoms with Crippen LogP contribution in [0.5, 0.6) is 0 Å². The van der Waals surface area contributed by atoms with Crippen LogP contribution in [0.3, 0.4) is 0 Å². The highest BCUT2D eigenvalue weighted by atomic mass is 32.2. The lowest BCUT2D eigenvalue weighted by molar-refractivity contribution is -0.150. The quantitative estimate of drug-likeness (QED) is 0.551. The van der Waals surface area contributed by atoms with Crippen molar-refractivity contribution in [3.05, 3.63) is 47.2 Å². The highest BCUT2D eigenvalue weighted by Gasteiger charge is 2.52. The number of benzene rings is 1. The van der Waals surface area contributed by atoms with Crippen molar-refractivity contribution in [1.29, 1.82) is 0 Å². The van der Waals surface area contributed by atoms with Crippen molar-refractivity contribution >= 4 is 35.5 Å². The Morgan fingerprint density at radius 2 is 1.97 bits per heavy atom. The number of rotatable bonds is 5. The molecule has 0 saturated carbocycles. The lowest BCUT2D eigenvalue weighted by atomic mass is 10.0. The number of ether oxygens (including phenoxy) is 1. The van der Waals surface area contributed by atoms with Gasteiger partial charge in [-0.1, -0.05) is 18.2 Å². The Labute approximate surface area is 172 Å². The molecule has 9 heteroatoms. The normalized spacial score (nSPS) is 20.9. The molecule has 2 atom stereocenters. The molecule has 0 aromatic heterocycles. The smallest absolute Gasteiger partial charge is 0.352 e. The number of carboxylic acids is 1. The molecule has 1 unspecified atom stereocenters. The second-order valence-electron chi connectivity index (χ2n) is 7.71. The summed E-state index contributed by atoms with van der Waals surface area (Å²) in [6.07, 6.45) is 1.38. The molecule has 2 aliphatic rings. The molecule has 0 bridgehead atoms. The van der Waals surface area contributed by atoms with Crippen LogP contribution in [0, 0.1) is 0 Å². The number of thioether (sulfide) groups is 1. The van der Waals surface area contributed by atoms with Crippen molar-refractivity contribution < 1.29 is 29.0 Å². The number of fused-ring (bicyclic) bond motifs is 1. The van der Waals surface area contributed by atoms with E-state index in [1.165, 1.54) is 22.7 Å². The number of β-lactam (4-membered cyclic amide) rings is 1. The molecular formula is C20H22N2O6S. The van der Waals surface area contributed by atoms with Crippen LogP contribution in [0.4, 0.5) is 0 Å². The monoisotopic (exact) mass is 418 g/mol. The Morgan fingerprint density at radius 3 is 2.62 bits per heavy atom. The molecule has 2 N–H and O–H groups in total. The summed E-state index contributed by atoms with van der Waals surface area (Å²) in [6.45, 7) is 5.28. The van der Waals surface area contributed by atoms with Crippen molar-refractivity contribution in [2.45, 2.75) is 44.2 Å². The molecule has 2 heterocycles. The predicted molar refractivity (Wildman–Crippen MR) is 106 cm³/mol. The van der Waals surface area contributed by atoms with Crippen molar-refractivity contribution in [2.75, 3.05) is 5.75 Å². The van der Waals surface area contributed by atoms with E-state index in [9.17, 15) is 24.3 Å². The fourth-order valence-corrected chi connectivity index (χ4v) is 4.34. The summed E-state index contributed by atoms with van der Waals surface area (Å²) in [5.74, 6) is -2.12. The van der Waals surface area contributed by atoms with Crippen LogP contribution < -0.4 is 5.32 Å². The van der Waals surface area contributed by atoms with Gasteiger partial charge in [0.2, 0.25) is 5.91 Å². The third kappa shape index (κ3) is 4.45. The first kappa shape index (κ1) is 20.9. The average Bonchev–Trinajstić information content (AvgIpc) is 2.64. The van der Waals surface area contributed by atoms with Gasteiger partial charge in [-0.05, 0) is 38.5 Å². The minimum absolute atomic E-state index is 0.0560. The van der Waals surface area contributed by atoms with Gasteiger partial charge in [0, 0.05) is 5.75 Å². The van der Waals surface area contributed by atoms with Crippen LogP contribution in [0.25, 0.3) is 0 Å². The molecule has 29 heavy (non-hydrogen) atoms. The van der Waals surface area contributed by atoms with Gasteiger partial charge in [0.1, 0.15) is 22.7 Å². The van der Waals surface area contributed by atoms with E-state index in [4.69, 9.17) is 4.74 Å². The fraction of sp³-hybridized carbons (Fsp3) is 0.400. The number of carboxylic acid groups (broad SMARTS) is 1. The maximum atomic E-state index is 12.5. The van der Waals surface area contributed by atoms with Crippen molar-refractivity contribution in [2.24, 2.45) is 0 Å². The van der Waals surface area contributed by atoms with Crippen LogP contribution in [0.2, 0.25) is 0 Å². The zero-order chi connectivity index (χ0) is 21.3. The number of nitrogens with one attached hydrogen (secondary N) is 1. The highest BCUT2D eigenvalue weighted by molar-refractivity contribution is 8.00. The second-order valence-corrected chi connectivity index (χ2v) is 8.86. The first-order valence-electron chi connectivity index (χ1n) is 9.07. The van der Waals surface area contributed by atoms with Gasteiger partial charge in [0.05, 0.1) is 12.0 Å². The number of carbonyl (C=O) groups is 4. The van der Waals surface area contributed by atoms with E-state index in [1.807, 2.05) is 0 Å². The van der Waals surface area contributed by atoms with E-state index in [2.05, 4.69) is 5.32 Å². The Kier molecular flexibility index (Phi) is 5.70. The van der Waals surface area contributed by atoms with Gasteiger partial charge in [0.15, 0.2) is 0 Å². The minimum Gasteiger partial charge on any atom is -0.477 e. The maximum absolute atomic E-state index is 12.5. The van der Waals surface area contributed by atoms with Crippen LogP contribution in [0.1, 0.15) is 36.7 Å². The molecule has 2 amide bonds. The SMILES string of the molecule is CC(C)(C)OC(=O)c1ccccc1CC(=O)NC1C(=O)N2C(C(=O)O)=CCS[C@H]12. The lowest BCUT2D eigenvalue weighted by Gasteiger charge is -2.48. The molecule has 2 aliphatic heterocycles. The third-order valence-electron chi connectivity index (χ3n) is 4.37. The summed E-state index contributed by atoms with van der Waals surface area (Å²) < 4.78 is 5.38. The summed E-state index contributed by atoms with van der Waals surface area (Å²) in [7, 11) is 0. The van der Waals surface area contributed by atoms with E-state index in [-0.39, 0.29) is 12.1 Å². The third-order valence-corrected chi connectivity index (χ3v) is 5.55. The first-order valence-corrected chi connectivity index (χ1v) is 10.1. The summed E-state index contributed by atoms with van der Waals surface area (Å²) in [4.78, 5) is 49.7. The number of hydrogen-bond donors (Lipinski definition) is 2. The van der Waals surface area contributed by atoms with Crippen LogP contribution >= 0.6 is 11.8 Å². The molecule has 1 aromatic carbocycles. The molecule has 0 spiro atoms. The lowest BCUT2D eigenvalue weighted by Crippen LogP contribution is -2.70. The molecule has 154 valence electrons. The van der Waals surface area contributed by atoms with E-state index in [0.29, 0.717) is 16.9 Å². The largest absolute Gasteiger partial charge is 0.477 e. The van der Waals surface area contributed by atoms with Gasteiger partial charge in [-0.25, -0.2) is 9.59 Å². The van der Waals surface area contributed by atoms with Crippen LogP contribution in [0.15, 0.2) is 36.0 Å². The Hall–Kier alpha value is -2.81. The van der Waals surface area contributed by atoms with E-state index in [1.54, 1.807) is 45.0 Å². The molecule has 3 rings (SSSR count). The van der Waals surface area contributed by atoms with Gasteiger partial charge in [-0.2, -0.15) is 0 Å². The number of hydrogen-bond acceptors (Lipinski definition) is 6. The van der Waals surface area contributed by atoms with Crippen molar-refractivity contribution in [3.8, 4) is 0 Å². The Bertz CT molecular complexity index is 904. The summed E-state index contributed by atoms with van der Waals surface area (Å²) >= 11 is 1.39. The average molecular weight is 418 g/mol. The van der Waals surface area contributed by atoms with Gasteiger partial charge < -0.3 is 15.2 Å². The second kappa shape index (κ2) is 7.90. The Balaban J connectivity index is 1.67. The van der Waals surface area contributed by atoms with Gasteiger partial charge in [0.25, 0.3) is 5.91 Å². The number of carbonyl (C=O) groups excluding carboxylic acids is 3. The van der Waals surface area contributed by atoms with Crippen molar-refractivity contribution in [1.82, 2.24) is 10.2 Å². The number of nitrogens with zero attached hydrogens (tertiary/aromatic N) is 1. The summed E-state index contributed by atoms with van der Waals surface area (Å²) in [6, 6.07) is 5.87. The predicted octanol–water partition coefficient (Wildman–Crippen LogP) is 1.55. The molecule has 0 aliphatic carbocycles. The van der Waals surface area contributed by atoms with Gasteiger partial charge in [-0.15, -0.1) is 11.8 Å². The van der Waals surface area contributed by atoms with E-state index < -0.39 is 40.8 Å². The zero-order valence-electron chi connectivity index (χ0n) is 16.3. The summed E-state index contributed by atoms with van der Waals surface area (Å²) in [5.41, 5.74) is 0.0639. The van der Waals surface area contributed by atoms with Crippen molar-refractivity contribution in [3.63, 3.8) is 0 Å². The Morgan fingerprint density at radius 1 is 1.28 bits per heavy atom. The van der Waals surface area contributed by atoms with Gasteiger partial charge >= 0.3 is 11.9 Å². The molecule has 1 aromatic rings. The number of esters is 1. The molecular weight excluding hydrogens is 396 g/mol. The standard InChI is InChI=1S/C20H22N2O6S/c1-20(2,3)28-19(27)12-7-5-4-6-11(12)10-14(23)21-15-16(24)22-13(18(25)26)8-9-29-17(15)22/h4-8,15,17H,9-10H2,1-3H3,(H,21,23)(H,25,26)/t15?,17-/m1/s1. The number of amides is 2. The zero-order valence-corrected chi connectivity index (χ0v) is 17.1. The van der Waals surface area contributed by atoms with Gasteiger partial charge in [-0.3, -0.25) is 14.5 Å². The molecule has 0 radical (unpaired) electrons. The maximum Gasteiger partial charge on any atom is 0.352 e. The molecule has 8 nitrogen and oxygen atoms in total. The topological polar surface area (TPSA) is 113 Å². The molecule has 1 fully saturated rings. The number of aliphatic carboxylic acids is 1. The molecule has 1 saturated heterocycles. The summed E-state index contributed by atoms with van der Waals surface area (Å²) in [5, 5.41) is 11.4.